The summed E-state index contributed by atoms with van der Waals surface area (Å²) in [5.74, 6) is 1.30. The molecule has 0 aliphatic carbocycles. The van der Waals surface area contributed by atoms with Gasteiger partial charge in [-0.3, -0.25) is 4.79 Å². The van der Waals surface area contributed by atoms with Gasteiger partial charge in [0.2, 0.25) is 5.91 Å². The Bertz CT molecular complexity index is 501. The number of unbranched alkanes of at least 4 members (excludes halogenated alkanes) is 4. The highest BCUT2D eigenvalue weighted by Gasteiger charge is 2.05. The number of benzene rings is 1. The molecule has 4 nitrogen and oxygen atoms in total. The molecular formula is C19H30N2O2S. The van der Waals surface area contributed by atoms with Gasteiger partial charge in [-0.05, 0) is 48.8 Å². The molecular weight excluding hydrogens is 320 g/mol. The monoisotopic (exact) mass is 350 g/mol. The Kier molecular flexibility index (Phi) is 10.1. The van der Waals surface area contributed by atoms with E-state index >= 15 is 0 Å². The molecule has 0 aromatic heterocycles. The Morgan fingerprint density at radius 2 is 1.79 bits per heavy atom. The third-order valence-corrected chi connectivity index (χ3v) is 3.66. The number of ether oxygens (including phenoxy) is 1. The number of carbonyl (C=O) groups excluding carboxylic acids is 1. The summed E-state index contributed by atoms with van der Waals surface area (Å²) in [6, 6.07) is 7.56. The predicted molar refractivity (Wildman–Crippen MR) is 105 cm³/mol. The van der Waals surface area contributed by atoms with Gasteiger partial charge < -0.3 is 15.4 Å². The standard InChI is InChI=1S/C19H30N2O2S/c1-4-5-6-7-8-9-18(22)21-19(24)20-16-10-12-17(13-11-16)23-14-15(2)3/h10-13,15H,4-9,14H2,1-3H3,(H2,20,21,22,24). The Hall–Kier alpha value is -1.62. The first kappa shape index (κ1) is 20.4. The lowest BCUT2D eigenvalue weighted by molar-refractivity contribution is -0.119. The highest BCUT2D eigenvalue weighted by Crippen LogP contribution is 2.16. The smallest absolute Gasteiger partial charge is 0.226 e. The van der Waals surface area contributed by atoms with Gasteiger partial charge in [-0.1, -0.05) is 46.5 Å². The van der Waals surface area contributed by atoms with Crippen LogP contribution in [0.3, 0.4) is 0 Å². The van der Waals surface area contributed by atoms with Crippen LogP contribution in [0.4, 0.5) is 5.69 Å². The lowest BCUT2D eigenvalue weighted by Gasteiger charge is -2.11. The lowest BCUT2D eigenvalue weighted by atomic mass is 10.1. The maximum atomic E-state index is 11.8. The van der Waals surface area contributed by atoms with Crippen molar-refractivity contribution in [3.8, 4) is 5.75 Å². The molecule has 0 saturated carbocycles. The Labute approximate surface area is 151 Å². The number of thiocarbonyl (C=S) groups is 1. The van der Waals surface area contributed by atoms with Crippen LogP contribution in [0, 0.1) is 5.92 Å². The number of hydrogen-bond donors (Lipinski definition) is 2. The van der Waals surface area contributed by atoms with E-state index in [1.165, 1.54) is 19.3 Å². The minimum absolute atomic E-state index is 0.0270. The first-order valence-corrected chi connectivity index (χ1v) is 9.25. The van der Waals surface area contributed by atoms with Gasteiger partial charge in [0.1, 0.15) is 5.75 Å². The maximum Gasteiger partial charge on any atom is 0.226 e. The van der Waals surface area contributed by atoms with Crippen LogP contribution in [0.25, 0.3) is 0 Å². The molecule has 2 N–H and O–H groups in total. The van der Waals surface area contributed by atoms with Crippen molar-refractivity contribution < 1.29 is 9.53 Å². The van der Waals surface area contributed by atoms with Crippen molar-refractivity contribution in [3.05, 3.63) is 24.3 Å². The van der Waals surface area contributed by atoms with Crippen LogP contribution in [-0.4, -0.2) is 17.6 Å². The molecule has 1 aromatic carbocycles. The van der Waals surface area contributed by atoms with Gasteiger partial charge in [0, 0.05) is 12.1 Å². The van der Waals surface area contributed by atoms with Gasteiger partial charge in [-0.2, -0.15) is 0 Å². The second-order valence-electron chi connectivity index (χ2n) is 6.40. The number of rotatable bonds is 10. The molecule has 134 valence electrons. The number of anilines is 1. The second kappa shape index (κ2) is 11.8. The van der Waals surface area contributed by atoms with Crippen molar-refractivity contribution >= 4 is 28.9 Å². The van der Waals surface area contributed by atoms with Crippen LogP contribution in [0.5, 0.6) is 5.75 Å². The summed E-state index contributed by atoms with van der Waals surface area (Å²) >= 11 is 5.18. The molecule has 0 aliphatic heterocycles. The van der Waals surface area contributed by atoms with Gasteiger partial charge in [-0.25, -0.2) is 0 Å². The third-order valence-electron chi connectivity index (χ3n) is 3.46. The molecule has 1 amide bonds. The fourth-order valence-electron chi connectivity index (χ4n) is 2.14. The summed E-state index contributed by atoms with van der Waals surface area (Å²) in [7, 11) is 0. The molecule has 0 saturated heterocycles. The summed E-state index contributed by atoms with van der Waals surface area (Å²) < 4.78 is 5.63. The van der Waals surface area contributed by atoms with E-state index in [9.17, 15) is 4.79 Å². The number of carbonyl (C=O) groups is 1. The molecule has 0 unspecified atom stereocenters. The average Bonchev–Trinajstić information content (AvgIpc) is 2.53. The molecule has 24 heavy (non-hydrogen) atoms. The number of amides is 1. The number of hydrogen-bond acceptors (Lipinski definition) is 3. The van der Waals surface area contributed by atoms with Crippen molar-refractivity contribution in [1.82, 2.24) is 5.32 Å². The molecule has 0 bridgehead atoms. The van der Waals surface area contributed by atoms with Crippen LogP contribution in [0.15, 0.2) is 24.3 Å². The summed E-state index contributed by atoms with van der Waals surface area (Å²) in [6.45, 7) is 7.10. The van der Waals surface area contributed by atoms with Gasteiger partial charge in [0.15, 0.2) is 5.11 Å². The average molecular weight is 351 g/mol. The summed E-state index contributed by atoms with van der Waals surface area (Å²) in [5.41, 5.74) is 0.833. The van der Waals surface area contributed by atoms with Crippen molar-refractivity contribution in [1.29, 1.82) is 0 Å². The van der Waals surface area contributed by atoms with Crippen molar-refractivity contribution in [2.45, 2.75) is 59.3 Å². The highest BCUT2D eigenvalue weighted by atomic mass is 32.1. The van der Waals surface area contributed by atoms with Crippen LogP contribution < -0.4 is 15.4 Å². The minimum atomic E-state index is -0.0270. The van der Waals surface area contributed by atoms with Crippen molar-refractivity contribution in [3.63, 3.8) is 0 Å². The first-order chi connectivity index (χ1) is 11.5. The van der Waals surface area contributed by atoms with Crippen LogP contribution in [-0.2, 0) is 4.79 Å². The van der Waals surface area contributed by atoms with Crippen LogP contribution in [0.2, 0.25) is 0 Å². The second-order valence-corrected chi connectivity index (χ2v) is 6.80. The van der Waals surface area contributed by atoms with Crippen LogP contribution >= 0.6 is 12.2 Å². The first-order valence-electron chi connectivity index (χ1n) is 8.85. The largest absolute Gasteiger partial charge is 0.493 e. The van der Waals surface area contributed by atoms with E-state index in [4.69, 9.17) is 17.0 Å². The Morgan fingerprint density at radius 1 is 1.12 bits per heavy atom. The normalized spacial score (nSPS) is 10.5. The molecule has 0 spiro atoms. The van der Waals surface area contributed by atoms with Gasteiger partial charge >= 0.3 is 0 Å². The molecule has 0 fully saturated rings. The van der Waals surface area contributed by atoms with E-state index in [0.717, 1.165) is 24.3 Å². The van der Waals surface area contributed by atoms with E-state index in [1.807, 2.05) is 24.3 Å². The summed E-state index contributed by atoms with van der Waals surface area (Å²) in [5, 5.41) is 6.08. The van der Waals surface area contributed by atoms with Gasteiger partial charge in [0.05, 0.1) is 6.61 Å². The molecule has 1 aromatic rings. The third kappa shape index (κ3) is 9.50. The SMILES string of the molecule is CCCCCCCC(=O)NC(=S)Nc1ccc(OCC(C)C)cc1. The maximum absolute atomic E-state index is 11.8. The molecule has 1 rings (SSSR count). The molecule has 0 aliphatic rings. The van der Waals surface area contributed by atoms with Crippen LogP contribution in [0.1, 0.15) is 59.3 Å². The fourth-order valence-corrected chi connectivity index (χ4v) is 2.37. The minimum Gasteiger partial charge on any atom is -0.493 e. The zero-order valence-electron chi connectivity index (χ0n) is 15.1. The number of nitrogens with one attached hydrogen (secondary N) is 2. The molecule has 0 atom stereocenters. The lowest BCUT2D eigenvalue weighted by Crippen LogP contribution is -2.33. The summed E-state index contributed by atoms with van der Waals surface area (Å²) in [6.07, 6.45) is 6.17. The van der Waals surface area contributed by atoms with Crippen molar-refractivity contribution in [2.24, 2.45) is 5.92 Å². The predicted octanol–water partition coefficient (Wildman–Crippen LogP) is 4.89. The molecule has 0 heterocycles. The Morgan fingerprint density at radius 3 is 2.42 bits per heavy atom. The van der Waals surface area contributed by atoms with Crippen molar-refractivity contribution in [2.75, 3.05) is 11.9 Å². The molecule has 0 radical (unpaired) electrons. The quantitative estimate of drug-likeness (QED) is 0.466. The zero-order valence-corrected chi connectivity index (χ0v) is 15.9. The van der Waals surface area contributed by atoms with Gasteiger partial charge in [-0.15, -0.1) is 0 Å². The zero-order chi connectivity index (χ0) is 17.8. The Balaban J connectivity index is 2.27. The van der Waals surface area contributed by atoms with E-state index in [0.29, 0.717) is 24.1 Å². The molecule has 5 heteroatoms. The summed E-state index contributed by atoms with van der Waals surface area (Å²) in [4.78, 5) is 11.8. The topological polar surface area (TPSA) is 50.4 Å². The van der Waals surface area contributed by atoms with Gasteiger partial charge in [0.25, 0.3) is 0 Å². The van der Waals surface area contributed by atoms with E-state index < -0.39 is 0 Å². The van der Waals surface area contributed by atoms with E-state index in [1.54, 1.807) is 0 Å². The highest BCUT2D eigenvalue weighted by molar-refractivity contribution is 7.80. The fraction of sp³-hybridized carbons (Fsp3) is 0.579. The van der Waals surface area contributed by atoms with E-state index in [-0.39, 0.29) is 5.91 Å². The van der Waals surface area contributed by atoms with E-state index in [2.05, 4.69) is 31.4 Å².